The van der Waals surface area contributed by atoms with E-state index in [1.807, 2.05) is 54.6 Å². The third kappa shape index (κ3) is 5.98. The number of para-hydroxylation sites is 1. The monoisotopic (exact) mass is 444 g/mol. The molecule has 1 fully saturated rings. The summed E-state index contributed by atoms with van der Waals surface area (Å²) in [6, 6.07) is 19.6. The van der Waals surface area contributed by atoms with Crippen molar-refractivity contribution in [1.29, 1.82) is 5.41 Å². The van der Waals surface area contributed by atoms with Gasteiger partial charge in [-0.25, -0.2) is 4.98 Å². The molecule has 0 bridgehead atoms. The Morgan fingerprint density at radius 2 is 1.73 bits per heavy atom. The van der Waals surface area contributed by atoms with Crippen molar-refractivity contribution in [3.8, 4) is 5.75 Å². The van der Waals surface area contributed by atoms with Gasteiger partial charge in [0.05, 0.1) is 16.9 Å². The number of aromatic nitrogens is 1. The van der Waals surface area contributed by atoms with Gasteiger partial charge < -0.3 is 14.9 Å². The van der Waals surface area contributed by atoms with Gasteiger partial charge in [-0.3, -0.25) is 4.79 Å². The minimum absolute atomic E-state index is 0.213. The van der Waals surface area contributed by atoms with Crippen molar-refractivity contribution in [3.05, 3.63) is 71.9 Å². The minimum Gasteiger partial charge on any atom is -0.487 e. The Morgan fingerprint density at radius 3 is 2.45 bits per heavy atom. The van der Waals surface area contributed by atoms with Crippen molar-refractivity contribution in [2.24, 2.45) is 5.92 Å². The second kappa shape index (κ2) is 11.1. The van der Waals surface area contributed by atoms with E-state index in [-0.39, 0.29) is 11.9 Å². The van der Waals surface area contributed by atoms with Crippen LogP contribution in [0, 0.1) is 11.3 Å². The third-order valence-corrected chi connectivity index (χ3v) is 6.37. The van der Waals surface area contributed by atoms with E-state index in [0.717, 1.165) is 53.6 Å². The summed E-state index contributed by atoms with van der Waals surface area (Å²) in [6.45, 7) is 2.17. The number of hydrogen-bond donors (Lipinski definition) is 1. The molecule has 33 heavy (non-hydrogen) atoms. The molecule has 172 valence electrons. The molecular formula is C28H32N2O3. The van der Waals surface area contributed by atoms with Gasteiger partial charge in [0.15, 0.2) is 0 Å². The zero-order valence-corrected chi connectivity index (χ0v) is 19.3. The van der Waals surface area contributed by atoms with E-state index in [0.29, 0.717) is 18.7 Å². The van der Waals surface area contributed by atoms with Gasteiger partial charge in [-0.05, 0) is 54.8 Å². The predicted octanol–water partition coefficient (Wildman–Crippen LogP) is 6.47. The van der Waals surface area contributed by atoms with Gasteiger partial charge in [0.1, 0.15) is 18.5 Å². The SMILES string of the molecule is CCC(=O)OC(C(=N)c1ccc(OCc2ccc3ccccc3n2)cc1)C1CCCCCC1. The maximum atomic E-state index is 12.1. The molecule has 1 aliphatic rings. The number of fused-ring (bicyclic) bond motifs is 1. The molecule has 0 spiro atoms. The molecule has 1 atom stereocenters. The number of rotatable bonds is 8. The van der Waals surface area contributed by atoms with Crippen LogP contribution in [0.2, 0.25) is 0 Å². The molecule has 0 radical (unpaired) electrons. The fourth-order valence-electron chi connectivity index (χ4n) is 4.47. The summed E-state index contributed by atoms with van der Waals surface area (Å²) in [5.41, 5.74) is 2.97. The van der Waals surface area contributed by atoms with E-state index < -0.39 is 6.10 Å². The second-order valence-corrected chi connectivity index (χ2v) is 8.74. The molecule has 5 heteroatoms. The maximum Gasteiger partial charge on any atom is 0.306 e. The van der Waals surface area contributed by atoms with Crippen LogP contribution in [0.3, 0.4) is 0 Å². The summed E-state index contributed by atoms with van der Waals surface area (Å²) >= 11 is 0. The fourth-order valence-corrected chi connectivity index (χ4v) is 4.47. The molecule has 4 rings (SSSR count). The molecule has 0 saturated heterocycles. The first-order valence-corrected chi connectivity index (χ1v) is 12.0. The Kier molecular flexibility index (Phi) is 7.71. The highest BCUT2D eigenvalue weighted by molar-refractivity contribution is 6.02. The Bertz CT molecular complexity index is 1090. The van der Waals surface area contributed by atoms with Gasteiger partial charge in [-0.1, -0.05) is 56.9 Å². The smallest absolute Gasteiger partial charge is 0.306 e. The van der Waals surface area contributed by atoms with Crippen molar-refractivity contribution >= 4 is 22.6 Å². The number of pyridine rings is 1. The van der Waals surface area contributed by atoms with Crippen LogP contribution in [0.15, 0.2) is 60.7 Å². The Balaban J connectivity index is 1.43. The van der Waals surface area contributed by atoms with Gasteiger partial charge in [0.2, 0.25) is 0 Å². The van der Waals surface area contributed by atoms with Gasteiger partial charge in [-0.2, -0.15) is 0 Å². The first-order chi connectivity index (χ1) is 16.1. The lowest BCUT2D eigenvalue weighted by Crippen LogP contribution is -2.34. The van der Waals surface area contributed by atoms with Crippen LogP contribution >= 0.6 is 0 Å². The van der Waals surface area contributed by atoms with E-state index in [2.05, 4.69) is 11.1 Å². The van der Waals surface area contributed by atoms with Crippen molar-refractivity contribution in [1.82, 2.24) is 4.98 Å². The Hall–Kier alpha value is -3.21. The molecule has 3 aromatic rings. The van der Waals surface area contributed by atoms with Crippen molar-refractivity contribution < 1.29 is 14.3 Å². The first kappa shape index (κ1) is 23.0. The normalized spacial score (nSPS) is 15.5. The standard InChI is InChI=1S/C28H32N2O3/c1-2-26(31)33-28(22-10-5-3-4-6-11-22)27(29)21-14-17-24(18-15-21)32-19-23-16-13-20-9-7-8-12-25(20)30-23/h7-9,12-18,22,28-29H,2-6,10-11,19H2,1H3. The Labute approximate surface area is 195 Å². The number of hydrogen-bond acceptors (Lipinski definition) is 5. The minimum atomic E-state index is -0.482. The predicted molar refractivity (Wildman–Crippen MR) is 131 cm³/mol. The summed E-state index contributed by atoms with van der Waals surface area (Å²) in [6.07, 6.45) is 6.55. The molecule has 1 unspecified atom stereocenters. The second-order valence-electron chi connectivity index (χ2n) is 8.74. The topological polar surface area (TPSA) is 72.3 Å². The first-order valence-electron chi connectivity index (χ1n) is 12.0. The lowest BCUT2D eigenvalue weighted by Gasteiger charge is -2.27. The van der Waals surface area contributed by atoms with E-state index >= 15 is 0 Å². The number of nitrogens with zero attached hydrogens (tertiary/aromatic N) is 1. The fraction of sp³-hybridized carbons (Fsp3) is 0.393. The summed E-state index contributed by atoms with van der Waals surface area (Å²) in [7, 11) is 0. The van der Waals surface area contributed by atoms with E-state index in [1.165, 1.54) is 12.8 Å². The van der Waals surface area contributed by atoms with Gasteiger partial charge in [-0.15, -0.1) is 0 Å². The molecule has 0 aliphatic heterocycles. The molecule has 1 heterocycles. The molecule has 2 aromatic carbocycles. The number of nitrogens with one attached hydrogen (secondary N) is 1. The average molecular weight is 445 g/mol. The molecule has 1 N–H and O–H groups in total. The summed E-state index contributed by atoms with van der Waals surface area (Å²) in [5.74, 6) is 0.695. The zero-order valence-electron chi connectivity index (χ0n) is 19.3. The molecule has 0 amide bonds. The number of benzene rings is 2. The van der Waals surface area contributed by atoms with Crippen molar-refractivity contribution in [2.75, 3.05) is 0 Å². The molecule has 1 saturated carbocycles. The lowest BCUT2D eigenvalue weighted by molar-refractivity contribution is -0.147. The highest BCUT2D eigenvalue weighted by Gasteiger charge is 2.30. The van der Waals surface area contributed by atoms with Crippen molar-refractivity contribution in [3.63, 3.8) is 0 Å². The molecule has 5 nitrogen and oxygen atoms in total. The highest BCUT2D eigenvalue weighted by atomic mass is 16.5. The average Bonchev–Trinajstić information content (AvgIpc) is 3.15. The van der Waals surface area contributed by atoms with Crippen molar-refractivity contribution in [2.45, 2.75) is 64.6 Å². The number of ether oxygens (including phenoxy) is 2. The summed E-state index contributed by atoms with van der Waals surface area (Å²) in [4.78, 5) is 16.7. The summed E-state index contributed by atoms with van der Waals surface area (Å²) in [5, 5.41) is 9.93. The van der Waals surface area contributed by atoms with E-state index in [9.17, 15) is 4.79 Å². The third-order valence-electron chi connectivity index (χ3n) is 6.37. The van der Waals surface area contributed by atoms with Gasteiger partial charge in [0.25, 0.3) is 0 Å². The van der Waals surface area contributed by atoms with Gasteiger partial charge in [0, 0.05) is 17.7 Å². The van der Waals surface area contributed by atoms with Gasteiger partial charge >= 0.3 is 5.97 Å². The lowest BCUT2D eigenvalue weighted by atomic mass is 9.88. The highest BCUT2D eigenvalue weighted by Crippen LogP contribution is 2.29. The quantitative estimate of drug-likeness (QED) is 0.245. The van der Waals surface area contributed by atoms with Crippen LogP contribution in [0.4, 0.5) is 0 Å². The van der Waals surface area contributed by atoms with E-state index in [4.69, 9.17) is 14.9 Å². The molecular weight excluding hydrogens is 412 g/mol. The number of esters is 1. The molecule has 1 aromatic heterocycles. The molecule has 1 aliphatic carbocycles. The van der Waals surface area contributed by atoms with Crippen LogP contribution in [0.5, 0.6) is 5.75 Å². The van der Waals surface area contributed by atoms with Crippen LogP contribution in [-0.2, 0) is 16.1 Å². The number of carbonyl (C=O) groups is 1. The van der Waals surface area contributed by atoms with Crippen LogP contribution in [0.1, 0.15) is 63.1 Å². The summed E-state index contributed by atoms with van der Waals surface area (Å²) < 4.78 is 11.7. The largest absolute Gasteiger partial charge is 0.487 e. The number of carbonyl (C=O) groups excluding carboxylic acids is 1. The van der Waals surface area contributed by atoms with Crippen LogP contribution in [0.25, 0.3) is 10.9 Å². The van der Waals surface area contributed by atoms with E-state index in [1.54, 1.807) is 6.92 Å². The van der Waals surface area contributed by atoms with Crippen LogP contribution < -0.4 is 4.74 Å². The van der Waals surface area contributed by atoms with Crippen LogP contribution in [-0.4, -0.2) is 22.8 Å². The maximum absolute atomic E-state index is 12.1. The zero-order chi connectivity index (χ0) is 23.0. The Morgan fingerprint density at radius 1 is 1.00 bits per heavy atom.